The van der Waals surface area contributed by atoms with E-state index in [1.54, 1.807) is 0 Å². The number of rotatable bonds is 3. The van der Waals surface area contributed by atoms with Crippen molar-refractivity contribution in [2.24, 2.45) is 5.73 Å². The van der Waals surface area contributed by atoms with E-state index in [4.69, 9.17) is 10.8 Å². The molecule has 0 radical (unpaired) electrons. The highest BCUT2D eigenvalue weighted by atomic mass is 32.1. The molecule has 1 aromatic rings. The molecule has 0 bridgehead atoms. The molecule has 0 spiro atoms. The average Bonchev–Trinajstić information content (AvgIpc) is 2.05. The number of benzene rings is 1. The molecule has 0 aliphatic heterocycles. The molecular formula is C9H13NO2S. The van der Waals surface area contributed by atoms with Gasteiger partial charge in [-0.1, -0.05) is 30.3 Å². The van der Waals surface area contributed by atoms with E-state index < -0.39 is 12.0 Å². The molecule has 0 aromatic heterocycles. The van der Waals surface area contributed by atoms with E-state index in [0.717, 1.165) is 5.56 Å². The lowest BCUT2D eigenvalue weighted by Crippen LogP contribution is -2.14. The van der Waals surface area contributed by atoms with Crippen molar-refractivity contribution in [3.05, 3.63) is 35.9 Å². The molecule has 3 nitrogen and oxygen atoms in total. The van der Waals surface area contributed by atoms with Gasteiger partial charge in [-0.3, -0.25) is 4.79 Å². The Morgan fingerprint density at radius 1 is 1.38 bits per heavy atom. The van der Waals surface area contributed by atoms with Crippen LogP contribution in [0.3, 0.4) is 0 Å². The summed E-state index contributed by atoms with van der Waals surface area (Å²) < 4.78 is 0. The zero-order valence-electron chi connectivity index (χ0n) is 7.10. The van der Waals surface area contributed by atoms with E-state index in [0.29, 0.717) is 0 Å². The van der Waals surface area contributed by atoms with Crippen molar-refractivity contribution in [2.75, 3.05) is 0 Å². The second-order valence-corrected chi connectivity index (χ2v) is 2.62. The summed E-state index contributed by atoms with van der Waals surface area (Å²) in [5.41, 5.74) is 6.48. The van der Waals surface area contributed by atoms with Gasteiger partial charge in [-0.2, -0.15) is 13.5 Å². The molecule has 0 unspecified atom stereocenters. The van der Waals surface area contributed by atoms with Crippen molar-refractivity contribution >= 4 is 19.5 Å². The van der Waals surface area contributed by atoms with Gasteiger partial charge in [0, 0.05) is 6.04 Å². The summed E-state index contributed by atoms with van der Waals surface area (Å²) in [5.74, 6) is -0.869. The Morgan fingerprint density at radius 3 is 2.38 bits per heavy atom. The number of carboxylic acids is 1. The van der Waals surface area contributed by atoms with Crippen LogP contribution in [0.1, 0.15) is 18.0 Å². The van der Waals surface area contributed by atoms with Crippen molar-refractivity contribution in [3.63, 3.8) is 0 Å². The van der Waals surface area contributed by atoms with Crippen molar-refractivity contribution < 1.29 is 9.90 Å². The van der Waals surface area contributed by atoms with Crippen molar-refractivity contribution in [2.45, 2.75) is 12.5 Å². The van der Waals surface area contributed by atoms with E-state index >= 15 is 0 Å². The first kappa shape index (κ1) is 12.0. The van der Waals surface area contributed by atoms with Gasteiger partial charge < -0.3 is 10.8 Å². The van der Waals surface area contributed by atoms with Gasteiger partial charge in [-0.05, 0) is 5.56 Å². The van der Waals surface area contributed by atoms with E-state index in [1.165, 1.54) is 0 Å². The summed E-state index contributed by atoms with van der Waals surface area (Å²) in [6.07, 6.45) is -0.0238. The highest BCUT2D eigenvalue weighted by molar-refractivity contribution is 7.59. The van der Waals surface area contributed by atoms with Crippen LogP contribution in [0.15, 0.2) is 30.3 Å². The Kier molecular flexibility index (Phi) is 5.18. The molecule has 0 fully saturated rings. The van der Waals surface area contributed by atoms with Gasteiger partial charge in [0.15, 0.2) is 0 Å². The largest absolute Gasteiger partial charge is 0.481 e. The predicted octanol–water partition coefficient (Wildman–Crippen LogP) is 1.27. The van der Waals surface area contributed by atoms with Gasteiger partial charge in [0.1, 0.15) is 0 Å². The van der Waals surface area contributed by atoms with Crippen LogP contribution in [0.4, 0.5) is 0 Å². The molecular weight excluding hydrogens is 186 g/mol. The summed E-state index contributed by atoms with van der Waals surface area (Å²) in [7, 11) is 0. The Morgan fingerprint density at radius 2 is 1.92 bits per heavy atom. The molecule has 72 valence electrons. The third-order valence-electron chi connectivity index (χ3n) is 1.62. The van der Waals surface area contributed by atoms with E-state index in [9.17, 15) is 4.79 Å². The molecule has 4 heteroatoms. The summed E-state index contributed by atoms with van der Waals surface area (Å²) in [5, 5.41) is 8.47. The molecule has 1 rings (SSSR count). The number of carboxylic acid groups (broad SMARTS) is 1. The highest BCUT2D eigenvalue weighted by Crippen LogP contribution is 2.12. The van der Waals surface area contributed by atoms with Crippen LogP contribution in [-0.4, -0.2) is 11.1 Å². The van der Waals surface area contributed by atoms with Gasteiger partial charge in [0.25, 0.3) is 0 Å². The van der Waals surface area contributed by atoms with Crippen LogP contribution < -0.4 is 5.73 Å². The maximum Gasteiger partial charge on any atom is 0.305 e. The maximum atomic E-state index is 10.3. The topological polar surface area (TPSA) is 63.3 Å². The normalized spacial score (nSPS) is 11.5. The minimum atomic E-state index is -0.869. The van der Waals surface area contributed by atoms with E-state index in [-0.39, 0.29) is 19.9 Å². The minimum absolute atomic E-state index is 0. The third kappa shape index (κ3) is 3.96. The lowest BCUT2D eigenvalue weighted by Gasteiger charge is -2.07. The molecule has 1 atom stereocenters. The Bertz CT molecular complexity index is 264. The molecule has 0 amide bonds. The number of aliphatic carboxylic acids is 1. The first-order valence-electron chi connectivity index (χ1n) is 3.72. The van der Waals surface area contributed by atoms with Gasteiger partial charge in [0.2, 0.25) is 0 Å². The number of hydrogen-bond acceptors (Lipinski definition) is 2. The number of carbonyl (C=O) groups is 1. The second kappa shape index (κ2) is 5.61. The van der Waals surface area contributed by atoms with E-state index in [2.05, 4.69) is 0 Å². The standard InChI is InChI=1S/C9H11NO2.H2S/c10-8(6-9(11)12)7-4-2-1-3-5-7;/h1-5,8H,6,10H2,(H,11,12);1H2/t8-;/m1./s1. The lowest BCUT2D eigenvalue weighted by atomic mass is 10.1. The predicted molar refractivity (Wildman–Crippen MR) is 56.0 cm³/mol. The fraction of sp³-hybridized carbons (Fsp3) is 0.222. The molecule has 1 aromatic carbocycles. The number of hydrogen-bond donors (Lipinski definition) is 2. The molecule has 0 aliphatic carbocycles. The average molecular weight is 199 g/mol. The summed E-state index contributed by atoms with van der Waals surface area (Å²) in [4.78, 5) is 10.3. The van der Waals surface area contributed by atoms with Crippen molar-refractivity contribution in [1.82, 2.24) is 0 Å². The quantitative estimate of drug-likeness (QED) is 0.770. The summed E-state index contributed by atoms with van der Waals surface area (Å²) in [6.45, 7) is 0. The van der Waals surface area contributed by atoms with Crippen LogP contribution in [0.25, 0.3) is 0 Å². The SMILES string of the molecule is N[C@H](CC(=O)O)c1ccccc1.S. The fourth-order valence-corrected chi connectivity index (χ4v) is 1.01. The minimum Gasteiger partial charge on any atom is -0.481 e. The molecule has 0 aliphatic rings. The highest BCUT2D eigenvalue weighted by Gasteiger charge is 2.08. The first-order chi connectivity index (χ1) is 5.70. The third-order valence-corrected chi connectivity index (χ3v) is 1.62. The molecule has 0 saturated carbocycles. The Labute approximate surface area is 84.0 Å². The van der Waals surface area contributed by atoms with Crippen LogP contribution in [0.5, 0.6) is 0 Å². The molecule has 3 N–H and O–H groups in total. The van der Waals surface area contributed by atoms with Gasteiger partial charge in [-0.15, -0.1) is 0 Å². The smallest absolute Gasteiger partial charge is 0.305 e. The van der Waals surface area contributed by atoms with Crippen LogP contribution in [0, 0.1) is 0 Å². The van der Waals surface area contributed by atoms with Crippen LogP contribution >= 0.6 is 13.5 Å². The van der Waals surface area contributed by atoms with Crippen molar-refractivity contribution in [1.29, 1.82) is 0 Å². The fourth-order valence-electron chi connectivity index (χ4n) is 1.01. The maximum absolute atomic E-state index is 10.3. The second-order valence-electron chi connectivity index (χ2n) is 2.62. The monoisotopic (exact) mass is 199 g/mol. The summed E-state index contributed by atoms with van der Waals surface area (Å²) in [6, 6.07) is 8.82. The zero-order valence-corrected chi connectivity index (χ0v) is 8.10. The van der Waals surface area contributed by atoms with Crippen molar-refractivity contribution in [3.8, 4) is 0 Å². The van der Waals surface area contributed by atoms with Crippen LogP contribution in [-0.2, 0) is 4.79 Å². The van der Waals surface area contributed by atoms with Gasteiger partial charge >= 0.3 is 5.97 Å². The zero-order chi connectivity index (χ0) is 8.97. The number of nitrogens with two attached hydrogens (primary N) is 1. The van der Waals surface area contributed by atoms with Gasteiger partial charge in [0.05, 0.1) is 6.42 Å². The Balaban J connectivity index is 0.00000144. The summed E-state index contributed by atoms with van der Waals surface area (Å²) >= 11 is 0. The molecule has 0 heterocycles. The lowest BCUT2D eigenvalue weighted by molar-refractivity contribution is -0.137. The van der Waals surface area contributed by atoms with Gasteiger partial charge in [-0.25, -0.2) is 0 Å². The first-order valence-corrected chi connectivity index (χ1v) is 3.72. The molecule has 13 heavy (non-hydrogen) atoms. The Hall–Kier alpha value is -1.00. The molecule has 0 saturated heterocycles. The van der Waals surface area contributed by atoms with Crippen LogP contribution in [0.2, 0.25) is 0 Å². The van der Waals surface area contributed by atoms with E-state index in [1.807, 2.05) is 30.3 Å².